The third-order valence-electron chi connectivity index (χ3n) is 4.51. The average Bonchev–Trinajstić information content (AvgIpc) is 3.08. The van der Waals surface area contributed by atoms with E-state index in [1.165, 1.54) is 17.3 Å². The fourth-order valence-electron chi connectivity index (χ4n) is 2.84. The van der Waals surface area contributed by atoms with Gasteiger partial charge in [-0.15, -0.1) is 0 Å². The SMILES string of the molecule is Cc1cccc(-n2ncc3c(=O)[nH]c(SCc4ccc(Cl)cc4)nc32)c1C. The van der Waals surface area contributed by atoms with Crippen molar-refractivity contribution in [1.82, 2.24) is 19.7 Å². The molecule has 7 heteroatoms. The van der Waals surface area contributed by atoms with Crippen molar-refractivity contribution in [2.24, 2.45) is 0 Å². The topological polar surface area (TPSA) is 63.6 Å². The maximum atomic E-state index is 12.5. The molecule has 5 nitrogen and oxygen atoms in total. The Hall–Kier alpha value is -2.57. The largest absolute Gasteiger partial charge is 0.301 e. The molecule has 136 valence electrons. The van der Waals surface area contributed by atoms with Crippen LogP contribution in [0.1, 0.15) is 16.7 Å². The number of nitrogens with one attached hydrogen (secondary N) is 1. The zero-order valence-corrected chi connectivity index (χ0v) is 16.4. The van der Waals surface area contributed by atoms with Gasteiger partial charge in [-0.25, -0.2) is 9.67 Å². The Morgan fingerprint density at radius 3 is 2.70 bits per heavy atom. The summed E-state index contributed by atoms with van der Waals surface area (Å²) < 4.78 is 1.74. The third-order valence-corrected chi connectivity index (χ3v) is 5.71. The Labute approximate surface area is 165 Å². The van der Waals surface area contributed by atoms with Crippen LogP contribution in [0.3, 0.4) is 0 Å². The molecule has 4 rings (SSSR count). The number of hydrogen-bond donors (Lipinski definition) is 1. The molecule has 0 bridgehead atoms. The second-order valence-electron chi connectivity index (χ2n) is 6.30. The average molecular weight is 397 g/mol. The number of aryl methyl sites for hydroxylation is 1. The van der Waals surface area contributed by atoms with E-state index in [9.17, 15) is 4.79 Å². The van der Waals surface area contributed by atoms with E-state index in [4.69, 9.17) is 11.6 Å². The molecular weight excluding hydrogens is 380 g/mol. The van der Waals surface area contributed by atoms with E-state index in [0.29, 0.717) is 27.0 Å². The van der Waals surface area contributed by atoms with Crippen LogP contribution in [0.4, 0.5) is 0 Å². The molecule has 0 aliphatic carbocycles. The van der Waals surface area contributed by atoms with Gasteiger partial charge in [-0.3, -0.25) is 4.79 Å². The van der Waals surface area contributed by atoms with Gasteiger partial charge >= 0.3 is 0 Å². The predicted molar refractivity (Wildman–Crippen MR) is 110 cm³/mol. The molecule has 4 aromatic rings. The summed E-state index contributed by atoms with van der Waals surface area (Å²) >= 11 is 7.40. The first kappa shape index (κ1) is 17.8. The number of aromatic nitrogens is 4. The minimum atomic E-state index is -0.185. The van der Waals surface area contributed by atoms with Crippen LogP contribution >= 0.6 is 23.4 Å². The van der Waals surface area contributed by atoms with E-state index in [2.05, 4.69) is 28.1 Å². The number of thioether (sulfide) groups is 1. The first-order valence-electron chi connectivity index (χ1n) is 8.45. The molecule has 0 unspecified atom stereocenters. The van der Waals surface area contributed by atoms with Gasteiger partial charge in [0.25, 0.3) is 5.56 Å². The number of H-pyrrole nitrogens is 1. The van der Waals surface area contributed by atoms with Gasteiger partial charge in [0.15, 0.2) is 10.8 Å². The number of aromatic amines is 1. The van der Waals surface area contributed by atoms with Crippen LogP contribution in [0.15, 0.2) is 58.6 Å². The van der Waals surface area contributed by atoms with Crippen molar-refractivity contribution in [2.75, 3.05) is 0 Å². The van der Waals surface area contributed by atoms with E-state index in [-0.39, 0.29) is 5.56 Å². The first-order valence-corrected chi connectivity index (χ1v) is 9.81. The number of hydrogen-bond acceptors (Lipinski definition) is 4. The third kappa shape index (κ3) is 3.50. The maximum absolute atomic E-state index is 12.5. The van der Waals surface area contributed by atoms with Crippen molar-refractivity contribution in [2.45, 2.75) is 24.8 Å². The van der Waals surface area contributed by atoms with Gasteiger partial charge in [-0.1, -0.05) is 47.6 Å². The molecule has 0 aliphatic heterocycles. The van der Waals surface area contributed by atoms with Crippen LogP contribution in [0.5, 0.6) is 0 Å². The van der Waals surface area contributed by atoms with Gasteiger partial charge < -0.3 is 4.98 Å². The Kier molecular flexibility index (Phi) is 4.76. The summed E-state index contributed by atoms with van der Waals surface area (Å²) in [6.45, 7) is 4.10. The summed E-state index contributed by atoms with van der Waals surface area (Å²) in [7, 11) is 0. The Bertz CT molecular complexity index is 1180. The Morgan fingerprint density at radius 2 is 1.93 bits per heavy atom. The highest BCUT2D eigenvalue weighted by Gasteiger charge is 2.14. The summed E-state index contributed by atoms with van der Waals surface area (Å²) in [5, 5.41) is 6.15. The number of rotatable bonds is 4. The molecule has 0 atom stereocenters. The summed E-state index contributed by atoms with van der Waals surface area (Å²) in [4.78, 5) is 20.0. The molecular formula is C20H17ClN4OS. The number of nitrogens with zero attached hydrogens (tertiary/aromatic N) is 3. The maximum Gasteiger partial charge on any atom is 0.262 e. The summed E-state index contributed by atoms with van der Waals surface area (Å²) in [6, 6.07) is 13.7. The van der Waals surface area contributed by atoms with Crippen molar-refractivity contribution in [3.05, 3.63) is 80.7 Å². The molecule has 0 radical (unpaired) electrons. The number of fused-ring (bicyclic) bond motifs is 1. The minimum absolute atomic E-state index is 0.185. The van der Waals surface area contributed by atoms with Crippen molar-refractivity contribution in [3.8, 4) is 5.69 Å². The van der Waals surface area contributed by atoms with Gasteiger partial charge in [0.05, 0.1) is 11.9 Å². The predicted octanol–water partition coefficient (Wildman–Crippen LogP) is 4.67. The van der Waals surface area contributed by atoms with Gasteiger partial charge in [-0.2, -0.15) is 5.10 Å². The molecule has 27 heavy (non-hydrogen) atoms. The molecule has 0 aliphatic rings. The molecule has 2 heterocycles. The van der Waals surface area contributed by atoms with Crippen molar-refractivity contribution < 1.29 is 0 Å². The van der Waals surface area contributed by atoms with Crippen LogP contribution in [0.2, 0.25) is 5.02 Å². The van der Waals surface area contributed by atoms with Crippen molar-refractivity contribution >= 4 is 34.4 Å². The highest BCUT2D eigenvalue weighted by molar-refractivity contribution is 7.98. The molecule has 0 saturated heterocycles. The highest BCUT2D eigenvalue weighted by atomic mass is 35.5. The fourth-order valence-corrected chi connectivity index (χ4v) is 3.78. The van der Waals surface area contributed by atoms with Gasteiger partial charge in [-0.05, 0) is 48.7 Å². The zero-order valence-electron chi connectivity index (χ0n) is 14.9. The van der Waals surface area contributed by atoms with Crippen LogP contribution in [0.25, 0.3) is 16.7 Å². The lowest BCUT2D eigenvalue weighted by molar-refractivity contribution is 0.865. The van der Waals surface area contributed by atoms with Crippen LogP contribution < -0.4 is 5.56 Å². The smallest absolute Gasteiger partial charge is 0.262 e. The monoisotopic (exact) mass is 396 g/mol. The molecule has 0 spiro atoms. The van der Waals surface area contributed by atoms with Crippen LogP contribution in [-0.4, -0.2) is 19.7 Å². The lowest BCUT2D eigenvalue weighted by Gasteiger charge is -2.09. The molecule has 0 fully saturated rings. The van der Waals surface area contributed by atoms with E-state index in [0.717, 1.165) is 16.8 Å². The summed E-state index contributed by atoms with van der Waals surface area (Å²) in [5.41, 5.74) is 4.69. The fraction of sp³-hybridized carbons (Fsp3) is 0.150. The highest BCUT2D eigenvalue weighted by Crippen LogP contribution is 2.23. The molecule has 0 saturated carbocycles. The quantitative estimate of drug-likeness (QED) is 0.402. The van der Waals surface area contributed by atoms with Gasteiger partial charge in [0.2, 0.25) is 0 Å². The van der Waals surface area contributed by atoms with E-state index >= 15 is 0 Å². The molecule has 2 aromatic carbocycles. The molecule has 1 N–H and O–H groups in total. The van der Waals surface area contributed by atoms with Crippen molar-refractivity contribution in [3.63, 3.8) is 0 Å². The standard InChI is InChI=1S/C20H17ClN4OS/c1-12-4-3-5-17(13(12)2)25-18-16(10-22-25)19(26)24-20(23-18)27-11-14-6-8-15(21)9-7-14/h3-10H,11H2,1-2H3,(H,23,24,26). The summed E-state index contributed by atoms with van der Waals surface area (Å²) in [6.07, 6.45) is 1.57. The van der Waals surface area contributed by atoms with Crippen LogP contribution in [-0.2, 0) is 5.75 Å². The summed E-state index contributed by atoms with van der Waals surface area (Å²) in [5.74, 6) is 0.684. The lowest BCUT2D eigenvalue weighted by Crippen LogP contribution is -2.10. The molecule has 0 amide bonds. The Morgan fingerprint density at radius 1 is 1.15 bits per heavy atom. The van der Waals surface area contributed by atoms with Crippen molar-refractivity contribution in [1.29, 1.82) is 0 Å². The van der Waals surface area contributed by atoms with Crippen LogP contribution in [0, 0.1) is 13.8 Å². The van der Waals surface area contributed by atoms with E-state index in [1.54, 1.807) is 10.9 Å². The van der Waals surface area contributed by atoms with Gasteiger partial charge in [0.1, 0.15) is 5.39 Å². The molecule has 2 aromatic heterocycles. The lowest BCUT2D eigenvalue weighted by atomic mass is 10.1. The normalized spacial score (nSPS) is 11.2. The van der Waals surface area contributed by atoms with E-state index < -0.39 is 0 Å². The Balaban J connectivity index is 1.72. The number of benzene rings is 2. The minimum Gasteiger partial charge on any atom is -0.301 e. The first-order chi connectivity index (χ1) is 13.0. The second kappa shape index (κ2) is 7.21. The zero-order chi connectivity index (χ0) is 19.0. The van der Waals surface area contributed by atoms with Gasteiger partial charge in [0, 0.05) is 10.8 Å². The number of halogens is 1. The van der Waals surface area contributed by atoms with E-state index in [1.807, 2.05) is 43.3 Å². The second-order valence-corrected chi connectivity index (χ2v) is 7.70.